The first-order valence-electron chi connectivity index (χ1n) is 9.58. The van der Waals surface area contributed by atoms with Crippen LogP contribution in [-0.4, -0.2) is 33.5 Å². The zero-order chi connectivity index (χ0) is 22.5. The number of hydrogen-bond acceptors (Lipinski definition) is 5. The van der Waals surface area contributed by atoms with Crippen LogP contribution in [0.15, 0.2) is 78.0 Å². The smallest absolute Gasteiger partial charge is 0.234 e. The largest absolute Gasteiger partial charge is 0.495 e. The molecule has 0 aliphatic rings. The third-order valence-corrected chi connectivity index (χ3v) is 5.99. The van der Waals surface area contributed by atoms with Crippen LogP contribution in [0.5, 0.6) is 5.75 Å². The highest BCUT2D eigenvalue weighted by molar-refractivity contribution is 7.99. The highest BCUT2D eigenvalue weighted by atomic mass is 35.5. The van der Waals surface area contributed by atoms with Crippen LogP contribution in [0.2, 0.25) is 10.0 Å². The first kappa shape index (κ1) is 22.2. The second-order valence-corrected chi connectivity index (χ2v) is 8.46. The molecule has 6 nitrogen and oxygen atoms in total. The number of carbonyl (C=O) groups excluding carboxylic acids is 1. The number of ether oxygens (including phenoxy) is 1. The number of nitrogens with one attached hydrogen (secondary N) is 1. The number of nitrogens with zero attached hydrogens (tertiary/aromatic N) is 3. The molecule has 0 aliphatic carbocycles. The number of anilines is 1. The number of halogens is 2. The van der Waals surface area contributed by atoms with Gasteiger partial charge in [-0.3, -0.25) is 9.36 Å². The summed E-state index contributed by atoms with van der Waals surface area (Å²) >= 11 is 13.5. The number of carbonyl (C=O) groups is 1. The van der Waals surface area contributed by atoms with Crippen molar-refractivity contribution in [1.29, 1.82) is 0 Å². The van der Waals surface area contributed by atoms with Crippen molar-refractivity contribution < 1.29 is 9.53 Å². The zero-order valence-corrected chi connectivity index (χ0v) is 19.3. The van der Waals surface area contributed by atoms with Gasteiger partial charge in [-0.25, -0.2) is 0 Å². The summed E-state index contributed by atoms with van der Waals surface area (Å²) in [5.74, 6) is 1.17. The normalized spacial score (nSPS) is 10.7. The zero-order valence-electron chi connectivity index (χ0n) is 17.0. The Balaban J connectivity index is 1.55. The molecular weight excluding hydrogens is 467 g/mol. The molecule has 1 aromatic heterocycles. The van der Waals surface area contributed by atoms with Crippen molar-refractivity contribution in [3.8, 4) is 22.8 Å². The molecule has 0 atom stereocenters. The van der Waals surface area contributed by atoms with Crippen LogP contribution in [0, 0.1) is 0 Å². The number of aromatic nitrogens is 3. The number of methoxy groups -OCH3 is 1. The first-order valence-corrected chi connectivity index (χ1v) is 11.3. The summed E-state index contributed by atoms with van der Waals surface area (Å²) in [5, 5.41) is 13.2. The lowest BCUT2D eigenvalue weighted by atomic mass is 10.2. The molecule has 0 saturated heterocycles. The average molecular weight is 485 g/mol. The number of amides is 1. The Morgan fingerprint density at radius 3 is 2.47 bits per heavy atom. The second kappa shape index (κ2) is 10.1. The molecule has 0 fully saturated rings. The van der Waals surface area contributed by atoms with Crippen LogP contribution in [0.1, 0.15) is 0 Å². The molecule has 0 spiro atoms. The predicted molar refractivity (Wildman–Crippen MR) is 129 cm³/mol. The Morgan fingerprint density at radius 2 is 1.78 bits per heavy atom. The summed E-state index contributed by atoms with van der Waals surface area (Å²) in [6, 6.07) is 22.2. The molecule has 0 unspecified atom stereocenters. The van der Waals surface area contributed by atoms with Crippen LogP contribution in [0.3, 0.4) is 0 Å². The molecule has 0 aliphatic heterocycles. The van der Waals surface area contributed by atoms with Gasteiger partial charge >= 0.3 is 0 Å². The van der Waals surface area contributed by atoms with E-state index in [-0.39, 0.29) is 11.7 Å². The molecule has 3 aromatic carbocycles. The van der Waals surface area contributed by atoms with Gasteiger partial charge in [-0.2, -0.15) is 0 Å². The molecule has 0 bridgehead atoms. The summed E-state index contributed by atoms with van der Waals surface area (Å²) < 4.78 is 7.05. The van der Waals surface area contributed by atoms with Gasteiger partial charge in [0.15, 0.2) is 11.0 Å². The summed E-state index contributed by atoms with van der Waals surface area (Å²) in [7, 11) is 1.54. The Kier molecular flexibility index (Phi) is 6.99. The Morgan fingerprint density at radius 1 is 1.03 bits per heavy atom. The van der Waals surface area contributed by atoms with Crippen LogP contribution in [0.4, 0.5) is 5.69 Å². The van der Waals surface area contributed by atoms with Gasteiger partial charge in [0.25, 0.3) is 0 Å². The van der Waals surface area contributed by atoms with Crippen molar-refractivity contribution >= 4 is 46.6 Å². The lowest BCUT2D eigenvalue weighted by Crippen LogP contribution is -2.14. The van der Waals surface area contributed by atoms with Crippen molar-refractivity contribution in [2.75, 3.05) is 18.2 Å². The molecule has 4 rings (SSSR count). The minimum absolute atomic E-state index is 0.143. The maximum absolute atomic E-state index is 12.5. The fourth-order valence-corrected chi connectivity index (χ4v) is 4.17. The third kappa shape index (κ3) is 5.07. The molecular formula is C23H18Cl2N4O2S. The van der Waals surface area contributed by atoms with Gasteiger partial charge in [0.05, 0.1) is 17.9 Å². The Hall–Kier alpha value is -3.00. The van der Waals surface area contributed by atoms with E-state index in [1.807, 2.05) is 47.0 Å². The van der Waals surface area contributed by atoms with Gasteiger partial charge in [0, 0.05) is 22.0 Å². The van der Waals surface area contributed by atoms with Crippen molar-refractivity contribution in [1.82, 2.24) is 14.8 Å². The van der Waals surface area contributed by atoms with Crippen molar-refractivity contribution in [3.05, 3.63) is 82.8 Å². The maximum Gasteiger partial charge on any atom is 0.234 e. The van der Waals surface area contributed by atoms with Crippen LogP contribution in [-0.2, 0) is 4.79 Å². The minimum atomic E-state index is -0.192. The Labute approximate surface area is 199 Å². The topological polar surface area (TPSA) is 69.0 Å². The van der Waals surface area contributed by atoms with E-state index >= 15 is 0 Å². The second-order valence-electron chi connectivity index (χ2n) is 6.67. The minimum Gasteiger partial charge on any atom is -0.495 e. The van der Waals surface area contributed by atoms with E-state index in [1.165, 1.54) is 18.9 Å². The molecule has 1 heterocycles. The Bertz CT molecular complexity index is 1230. The van der Waals surface area contributed by atoms with Crippen LogP contribution < -0.4 is 10.1 Å². The van der Waals surface area contributed by atoms with E-state index in [9.17, 15) is 4.79 Å². The van der Waals surface area contributed by atoms with Crippen molar-refractivity contribution in [2.45, 2.75) is 5.16 Å². The quantitative estimate of drug-likeness (QED) is 0.326. The van der Waals surface area contributed by atoms with E-state index < -0.39 is 0 Å². The molecule has 162 valence electrons. The molecule has 9 heteroatoms. The van der Waals surface area contributed by atoms with Gasteiger partial charge in [-0.05, 0) is 42.5 Å². The highest BCUT2D eigenvalue weighted by Gasteiger charge is 2.17. The van der Waals surface area contributed by atoms with Gasteiger partial charge in [0.1, 0.15) is 5.75 Å². The number of benzene rings is 3. The molecule has 1 N–H and O–H groups in total. The monoisotopic (exact) mass is 484 g/mol. The molecule has 1 amide bonds. The number of rotatable bonds is 7. The van der Waals surface area contributed by atoms with E-state index in [1.54, 1.807) is 30.3 Å². The lowest BCUT2D eigenvalue weighted by Gasteiger charge is -2.11. The molecule has 4 aromatic rings. The fraction of sp³-hybridized carbons (Fsp3) is 0.0870. The number of hydrogen-bond donors (Lipinski definition) is 1. The standard InChI is InChI=1S/C23H18Cl2N4O2S/c1-31-20-12-9-17(13-19(20)25)26-21(30)14-32-23-28-27-22(15-5-3-2-4-6-15)29(23)18-10-7-16(24)8-11-18/h2-13H,14H2,1H3,(H,26,30). The van der Waals surface area contributed by atoms with Gasteiger partial charge < -0.3 is 10.1 Å². The van der Waals surface area contributed by atoms with Gasteiger partial charge in [-0.1, -0.05) is 65.3 Å². The fourth-order valence-electron chi connectivity index (χ4n) is 3.03. The van der Waals surface area contributed by atoms with Crippen molar-refractivity contribution in [3.63, 3.8) is 0 Å². The van der Waals surface area contributed by atoms with E-state index in [0.29, 0.717) is 32.5 Å². The average Bonchev–Trinajstić information content (AvgIpc) is 3.23. The van der Waals surface area contributed by atoms with Gasteiger partial charge in [-0.15, -0.1) is 10.2 Å². The molecule has 32 heavy (non-hydrogen) atoms. The SMILES string of the molecule is COc1ccc(NC(=O)CSc2nnc(-c3ccccc3)n2-c2ccc(Cl)cc2)cc1Cl. The molecule has 0 radical (unpaired) electrons. The van der Waals surface area contributed by atoms with E-state index in [0.717, 1.165) is 11.3 Å². The van der Waals surface area contributed by atoms with Crippen LogP contribution in [0.25, 0.3) is 17.1 Å². The summed E-state index contributed by atoms with van der Waals surface area (Å²) in [6.07, 6.45) is 0. The van der Waals surface area contributed by atoms with Gasteiger partial charge in [0.2, 0.25) is 5.91 Å². The summed E-state index contributed by atoms with van der Waals surface area (Å²) in [4.78, 5) is 12.5. The number of thioether (sulfide) groups is 1. The van der Waals surface area contributed by atoms with E-state index in [4.69, 9.17) is 27.9 Å². The van der Waals surface area contributed by atoms with Crippen LogP contribution >= 0.6 is 35.0 Å². The third-order valence-electron chi connectivity index (χ3n) is 4.52. The maximum atomic E-state index is 12.5. The summed E-state index contributed by atoms with van der Waals surface area (Å²) in [5.41, 5.74) is 2.35. The highest BCUT2D eigenvalue weighted by Crippen LogP contribution is 2.30. The lowest BCUT2D eigenvalue weighted by molar-refractivity contribution is -0.113. The summed E-state index contributed by atoms with van der Waals surface area (Å²) in [6.45, 7) is 0. The van der Waals surface area contributed by atoms with E-state index in [2.05, 4.69) is 15.5 Å². The van der Waals surface area contributed by atoms with Crippen molar-refractivity contribution in [2.24, 2.45) is 0 Å². The first-order chi connectivity index (χ1) is 15.5. The predicted octanol–water partition coefficient (Wildman–Crippen LogP) is 5.98. The molecule has 0 saturated carbocycles.